The third-order valence-corrected chi connectivity index (χ3v) is 4.31. The summed E-state index contributed by atoms with van der Waals surface area (Å²) in [6.07, 6.45) is 0.627. The largest absolute Gasteiger partial charge is 0.325 e. The monoisotopic (exact) mass is 369 g/mol. The molecule has 0 radical (unpaired) electrons. The van der Waals surface area contributed by atoms with Gasteiger partial charge >= 0.3 is 0 Å². The summed E-state index contributed by atoms with van der Waals surface area (Å²) in [6, 6.07) is 12.2. The standard InChI is InChI=1S/C16H14Cl3N3O/c17-10-3-1-9(2-4-10)14-8-15(22-21-14)16(23)20-13-6-11(18)5-12(19)7-13/h1-7,14-15,21-22H,8H2,(H,20,23). The van der Waals surface area contributed by atoms with E-state index >= 15 is 0 Å². The summed E-state index contributed by atoms with van der Waals surface area (Å²) in [5.41, 5.74) is 7.78. The van der Waals surface area contributed by atoms with Crippen LogP contribution in [0.3, 0.4) is 0 Å². The minimum Gasteiger partial charge on any atom is -0.325 e. The zero-order chi connectivity index (χ0) is 16.4. The van der Waals surface area contributed by atoms with Crippen LogP contribution in [0, 0.1) is 0 Å². The van der Waals surface area contributed by atoms with Crippen molar-refractivity contribution in [1.82, 2.24) is 10.9 Å². The van der Waals surface area contributed by atoms with Gasteiger partial charge in [0.15, 0.2) is 0 Å². The number of nitrogens with one attached hydrogen (secondary N) is 3. The Hall–Kier alpha value is -1.30. The Labute approximate surface area is 149 Å². The van der Waals surface area contributed by atoms with Crippen molar-refractivity contribution in [3.63, 3.8) is 0 Å². The molecule has 120 valence electrons. The van der Waals surface area contributed by atoms with Crippen molar-refractivity contribution in [3.8, 4) is 0 Å². The molecule has 7 heteroatoms. The fourth-order valence-electron chi connectivity index (χ4n) is 2.50. The second-order valence-corrected chi connectivity index (χ2v) is 6.64. The number of rotatable bonds is 3. The third kappa shape index (κ3) is 4.16. The van der Waals surface area contributed by atoms with Gasteiger partial charge in [-0.25, -0.2) is 10.9 Å². The molecule has 2 unspecified atom stereocenters. The minimum atomic E-state index is -0.353. The van der Waals surface area contributed by atoms with Crippen LogP contribution in [0.5, 0.6) is 0 Å². The van der Waals surface area contributed by atoms with Crippen LogP contribution in [-0.4, -0.2) is 11.9 Å². The van der Waals surface area contributed by atoms with Gasteiger partial charge < -0.3 is 5.32 Å². The van der Waals surface area contributed by atoms with Gasteiger partial charge in [0.05, 0.1) is 0 Å². The molecule has 0 bridgehead atoms. The average Bonchev–Trinajstić information content (AvgIpc) is 2.97. The van der Waals surface area contributed by atoms with E-state index in [4.69, 9.17) is 34.8 Å². The highest BCUT2D eigenvalue weighted by Crippen LogP contribution is 2.26. The predicted molar refractivity (Wildman–Crippen MR) is 94.0 cm³/mol. The molecule has 23 heavy (non-hydrogen) atoms. The van der Waals surface area contributed by atoms with Gasteiger partial charge in [-0.2, -0.15) is 0 Å². The zero-order valence-corrected chi connectivity index (χ0v) is 14.2. The number of hydrogen-bond acceptors (Lipinski definition) is 3. The van der Waals surface area contributed by atoms with Crippen molar-refractivity contribution in [3.05, 3.63) is 63.1 Å². The maximum Gasteiger partial charge on any atom is 0.242 e. The first-order valence-electron chi connectivity index (χ1n) is 7.05. The minimum absolute atomic E-state index is 0.0472. The molecule has 3 N–H and O–H groups in total. The van der Waals surface area contributed by atoms with Crippen LogP contribution in [0.25, 0.3) is 0 Å². The van der Waals surface area contributed by atoms with Crippen molar-refractivity contribution in [2.75, 3.05) is 5.32 Å². The lowest BCUT2D eigenvalue weighted by Crippen LogP contribution is -2.39. The molecule has 0 aromatic heterocycles. The topological polar surface area (TPSA) is 53.2 Å². The van der Waals surface area contributed by atoms with Crippen molar-refractivity contribution in [2.45, 2.75) is 18.5 Å². The summed E-state index contributed by atoms with van der Waals surface area (Å²) >= 11 is 17.8. The molecule has 0 saturated carbocycles. The van der Waals surface area contributed by atoms with Gasteiger partial charge in [-0.15, -0.1) is 0 Å². The molecule has 3 rings (SSSR count). The first-order chi connectivity index (χ1) is 11.0. The van der Waals surface area contributed by atoms with E-state index in [-0.39, 0.29) is 18.0 Å². The number of hydrogen-bond donors (Lipinski definition) is 3. The Morgan fingerprint density at radius 3 is 2.26 bits per heavy atom. The lowest BCUT2D eigenvalue weighted by Gasteiger charge is -2.11. The highest BCUT2D eigenvalue weighted by molar-refractivity contribution is 6.35. The van der Waals surface area contributed by atoms with E-state index in [1.165, 1.54) is 0 Å². The molecule has 1 heterocycles. The van der Waals surface area contributed by atoms with Gasteiger partial charge in [0.1, 0.15) is 6.04 Å². The van der Waals surface area contributed by atoms with E-state index in [2.05, 4.69) is 16.2 Å². The van der Waals surface area contributed by atoms with E-state index in [0.717, 1.165) is 5.56 Å². The molecule has 2 aromatic rings. The molecule has 2 aromatic carbocycles. The van der Waals surface area contributed by atoms with Gasteiger partial charge in [0.2, 0.25) is 5.91 Å². The fourth-order valence-corrected chi connectivity index (χ4v) is 3.15. The lowest BCUT2D eigenvalue weighted by molar-refractivity contribution is -0.117. The van der Waals surface area contributed by atoms with Gasteiger partial charge in [0, 0.05) is 26.8 Å². The quantitative estimate of drug-likeness (QED) is 0.759. The van der Waals surface area contributed by atoms with E-state index in [0.29, 0.717) is 27.2 Å². The molecule has 1 aliphatic rings. The van der Waals surface area contributed by atoms with Crippen LogP contribution < -0.4 is 16.2 Å². The van der Waals surface area contributed by atoms with E-state index in [1.54, 1.807) is 18.2 Å². The van der Waals surface area contributed by atoms with Crippen LogP contribution in [0.1, 0.15) is 18.0 Å². The maximum absolute atomic E-state index is 12.3. The predicted octanol–water partition coefficient (Wildman–Crippen LogP) is 4.19. The van der Waals surface area contributed by atoms with Gasteiger partial charge in [-0.05, 0) is 42.3 Å². The summed E-state index contributed by atoms with van der Waals surface area (Å²) in [6.45, 7) is 0. The number of hydrazine groups is 1. The highest BCUT2D eigenvalue weighted by Gasteiger charge is 2.30. The molecule has 0 aliphatic carbocycles. The lowest BCUT2D eigenvalue weighted by atomic mass is 10.0. The van der Waals surface area contributed by atoms with Crippen LogP contribution in [0.2, 0.25) is 15.1 Å². The number of carbonyl (C=O) groups is 1. The summed E-state index contributed by atoms with van der Waals surface area (Å²) in [5, 5.41) is 4.45. The van der Waals surface area contributed by atoms with E-state index in [9.17, 15) is 4.79 Å². The molecule has 4 nitrogen and oxygen atoms in total. The molecule has 0 spiro atoms. The molecule has 1 aliphatic heterocycles. The smallest absolute Gasteiger partial charge is 0.242 e. The number of benzene rings is 2. The summed E-state index contributed by atoms with van der Waals surface area (Å²) in [7, 11) is 0. The zero-order valence-electron chi connectivity index (χ0n) is 11.9. The summed E-state index contributed by atoms with van der Waals surface area (Å²) < 4.78 is 0. The van der Waals surface area contributed by atoms with Gasteiger partial charge in [-0.3, -0.25) is 4.79 Å². The number of halogens is 3. The molecular formula is C16H14Cl3N3O. The Bertz CT molecular complexity index is 701. The average molecular weight is 371 g/mol. The normalized spacial score (nSPS) is 20.5. The van der Waals surface area contributed by atoms with Gasteiger partial charge in [-0.1, -0.05) is 46.9 Å². The van der Waals surface area contributed by atoms with Crippen LogP contribution >= 0.6 is 34.8 Å². The number of amides is 1. The van der Waals surface area contributed by atoms with Crippen molar-refractivity contribution in [1.29, 1.82) is 0 Å². The number of carbonyl (C=O) groups excluding carboxylic acids is 1. The van der Waals surface area contributed by atoms with Crippen LogP contribution in [0.4, 0.5) is 5.69 Å². The Morgan fingerprint density at radius 2 is 1.61 bits per heavy atom. The molecule has 2 atom stereocenters. The molecule has 1 amide bonds. The Kier molecular flexibility index (Phi) is 5.09. The molecule has 1 saturated heterocycles. The fraction of sp³-hybridized carbons (Fsp3) is 0.188. The SMILES string of the molecule is O=C(Nc1cc(Cl)cc(Cl)c1)C1CC(c2ccc(Cl)cc2)NN1. The third-order valence-electron chi connectivity index (χ3n) is 3.62. The maximum atomic E-state index is 12.3. The Balaban J connectivity index is 1.64. The molecular weight excluding hydrogens is 357 g/mol. The van der Waals surface area contributed by atoms with Crippen molar-refractivity contribution in [2.24, 2.45) is 0 Å². The van der Waals surface area contributed by atoms with Crippen molar-refractivity contribution >= 4 is 46.4 Å². The van der Waals surface area contributed by atoms with Crippen LogP contribution in [0.15, 0.2) is 42.5 Å². The van der Waals surface area contributed by atoms with Gasteiger partial charge in [0.25, 0.3) is 0 Å². The second kappa shape index (κ2) is 7.07. The summed E-state index contributed by atoms with van der Waals surface area (Å²) in [4.78, 5) is 12.3. The van der Waals surface area contributed by atoms with E-state index in [1.807, 2.05) is 24.3 Å². The highest BCUT2D eigenvalue weighted by atomic mass is 35.5. The first kappa shape index (κ1) is 16.6. The van der Waals surface area contributed by atoms with E-state index < -0.39 is 0 Å². The van der Waals surface area contributed by atoms with Crippen LogP contribution in [-0.2, 0) is 4.79 Å². The first-order valence-corrected chi connectivity index (χ1v) is 8.18. The second-order valence-electron chi connectivity index (χ2n) is 5.33. The number of anilines is 1. The summed E-state index contributed by atoms with van der Waals surface area (Å²) in [5.74, 6) is -0.146. The van der Waals surface area contributed by atoms with Crippen molar-refractivity contribution < 1.29 is 4.79 Å². The molecule has 1 fully saturated rings. The Morgan fingerprint density at radius 1 is 0.957 bits per heavy atom.